The molecule has 1 amide bonds. The average Bonchev–Trinajstić information content (AvgIpc) is 1.92. The summed E-state index contributed by atoms with van der Waals surface area (Å²) in [6.07, 6.45) is 1.86. The highest BCUT2D eigenvalue weighted by atomic mass is 16.1. The number of amidine groups is 1. The fourth-order valence-corrected chi connectivity index (χ4v) is 1.48. The van der Waals surface area contributed by atoms with Crippen molar-refractivity contribution in [3.05, 3.63) is 11.8 Å². The molecule has 4 nitrogen and oxygen atoms in total. The number of aliphatic imine (C=N–C) groups is 1. The molecule has 4 heteroatoms. The molecule has 0 aromatic rings. The van der Waals surface area contributed by atoms with Crippen molar-refractivity contribution in [2.75, 3.05) is 0 Å². The van der Waals surface area contributed by atoms with E-state index < -0.39 is 0 Å². The number of amides is 1. The highest BCUT2D eigenvalue weighted by Gasteiger charge is 2.13. The van der Waals surface area contributed by atoms with Gasteiger partial charge in [-0.2, -0.15) is 4.99 Å². The second-order valence-electron chi connectivity index (χ2n) is 6.59. The van der Waals surface area contributed by atoms with E-state index in [9.17, 15) is 4.79 Å². The first-order valence-corrected chi connectivity index (χ1v) is 6.23. The largest absolute Gasteiger partial charge is 0.384 e. The van der Waals surface area contributed by atoms with E-state index in [1.165, 1.54) is 6.92 Å². The summed E-state index contributed by atoms with van der Waals surface area (Å²) in [4.78, 5) is 15.1. The molecule has 104 valence electrons. The second kappa shape index (κ2) is 6.03. The number of allylic oxidation sites excluding steroid dienone is 1. The van der Waals surface area contributed by atoms with Crippen molar-refractivity contribution < 1.29 is 4.79 Å². The fourth-order valence-electron chi connectivity index (χ4n) is 1.48. The summed E-state index contributed by atoms with van der Waals surface area (Å²) in [6, 6.07) is 0. The van der Waals surface area contributed by atoms with Crippen LogP contribution in [0.4, 0.5) is 0 Å². The van der Waals surface area contributed by atoms with Gasteiger partial charge in [0.2, 0.25) is 5.91 Å². The molecule has 0 aliphatic carbocycles. The van der Waals surface area contributed by atoms with Crippen molar-refractivity contribution in [3.8, 4) is 0 Å². The Kier molecular flexibility index (Phi) is 5.58. The van der Waals surface area contributed by atoms with E-state index in [0.717, 1.165) is 5.70 Å². The van der Waals surface area contributed by atoms with Gasteiger partial charge in [0.15, 0.2) is 0 Å². The summed E-state index contributed by atoms with van der Waals surface area (Å²) < 4.78 is 0. The lowest BCUT2D eigenvalue weighted by Gasteiger charge is -2.25. The van der Waals surface area contributed by atoms with Crippen LogP contribution in [-0.4, -0.2) is 22.8 Å². The Morgan fingerprint density at radius 2 is 1.39 bits per heavy atom. The molecular formula is C14H27N3O. The average molecular weight is 253 g/mol. The topological polar surface area (TPSA) is 53.5 Å². The summed E-state index contributed by atoms with van der Waals surface area (Å²) in [7, 11) is 0. The van der Waals surface area contributed by atoms with Crippen LogP contribution in [0.25, 0.3) is 0 Å². The Morgan fingerprint density at radius 3 is 1.72 bits per heavy atom. The van der Waals surface area contributed by atoms with Gasteiger partial charge < -0.3 is 10.6 Å². The van der Waals surface area contributed by atoms with Crippen molar-refractivity contribution in [1.29, 1.82) is 0 Å². The van der Waals surface area contributed by atoms with Crippen LogP contribution in [0.2, 0.25) is 0 Å². The Labute approximate surface area is 111 Å². The smallest absolute Gasteiger partial charge is 0.244 e. The molecule has 0 rings (SSSR count). The van der Waals surface area contributed by atoms with Crippen molar-refractivity contribution in [3.63, 3.8) is 0 Å². The van der Waals surface area contributed by atoms with Crippen molar-refractivity contribution in [1.82, 2.24) is 10.6 Å². The SMILES string of the molecule is CC(=O)/N=C(\C=C(/C)NC(C)(C)C)NC(C)(C)C. The van der Waals surface area contributed by atoms with Crippen LogP contribution in [0.3, 0.4) is 0 Å². The molecule has 0 fully saturated rings. The van der Waals surface area contributed by atoms with E-state index in [1.807, 2.05) is 33.8 Å². The first-order chi connectivity index (χ1) is 7.89. The molecule has 0 unspecified atom stereocenters. The second-order valence-corrected chi connectivity index (χ2v) is 6.59. The first-order valence-electron chi connectivity index (χ1n) is 6.23. The van der Waals surface area contributed by atoms with Crippen LogP contribution >= 0.6 is 0 Å². The van der Waals surface area contributed by atoms with Gasteiger partial charge in [-0.1, -0.05) is 0 Å². The maximum Gasteiger partial charge on any atom is 0.244 e. The van der Waals surface area contributed by atoms with E-state index in [1.54, 1.807) is 0 Å². The Balaban J connectivity index is 5.01. The van der Waals surface area contributed by atoms with Crippen LogP contribution in [0.1, 0.15) is 55.4 Å². The first kappa shape index (κ1) is 16.7. The molecule has 0 aromatic heterocycles. The quantitative estimate of drug-likeness (QED) is 0.587. The minimum atomic E-state index is -0.207. The molecule has 0 saturated heterocycles. The van der Waals surface area contributed by atoms with Crippen LogP contribution < -0.4 is 10.6 Å². The molecule has 0 aromatic carbocycles. The zero-order valence-electron chi connectivity index (χ0n) is 12.9. The third-order valence-electron chi connectivity index (χ3n) is 1.71. The van der Waals surface area contributed by atoms with Crippen molar-refractivity contribution in [2.45, 2.75) is 66.5 Å². The molecule has 18 heavy (non-hydrogen) atoms. The standard InChI is InChI=1S/C14H27N3O/c1-10(16-13(3,4)5)9-12(15-11(2)18)17-14(6,7)8/h9,16H,1-8H3,(H,15,17,18)/b10-9+. The summed E-state index contributed by atoms with van der Waals surface area (Å²) >= 11 is 0. The van der Waals surface area contributed by atoms with Gasteiger partial charge in [-0.25, -0.2) is 0 Å². The summed E-state index contributed by atoms with van der Waals surface area (Å²) in [6.45, 7) is 15.8. The zero-order chi connectivity index (χ0) is 14.6. The van der Waals surface area contributed by atoms with Crippen molar-refractivity contribution >= 4 is 11.7 Å². The molecule has 0 atom stereocenters. The molecule has 0 heterocycles. The molecule has 0 spiro atoms. The number of nitrogens with zero attached hydrogens (tertiary/aromatic N) is 1. The predicted molar refractivity (Wildman–Crippen MR) is 77.7 cm³/mol. The number of rotatable bonds is 2. The number of carbonyl (C=O) groups is 1. The third kappa shape index (κ3) is 9.87. The lowest BCUT2D eigenvalue weighted by atomic mass is 10.1. The number of hydrogen-bond acceptors (Lipinski definition) is 2. The minimum absolute atomic E-state index is 0.0103. The van der Waals surface area contributed by atoms with Gasteiger partial charge >= 0.3 is 0 Å². The molecule has 0 bridgehead atoms. The lowest BCUT2D eigenvalue weighted by Crippen LogP contribution is -2.41. The van der Waals surface area contributed by atoms with E-state index >= 15 is 0 Å². The molecule has 0 aliphatic heterocycles. The Hall–Kier alpha value is -1.32. The Morgan fingerprint density at radius 1 is 0.944 bits per heavy atom. The molecular weight excluding hydrogens is 226 g/mol. The van der Waals surface area contributed by atoms with Gasteiger partial charge in [-0.15, -0.1) is 0 Å². The van der Waals surface area contributed by atoms with E-state index in [4.69, 9.17) is 0 Å². The van der Waals surface area contributed by atoms with Crippen LogP contribution in [-0.2, 0) is 4.79 Å². The number of carbonyl (C=O) groups excluding carboxylic acids is 1. The van der Waals surface area contributed by atoms with Crippen molar-refractivity contribution in [2.24, 2.45) is 4.99 Å². The van der Waals surface area contributed by atoms with Gasteiger partial charge in [0.25, 0.3) is 0 Å². The van der Waals surface area contributed by atoms with E-state index in [0.29, 0.717) is 5.84 Å². The van der Waals surface area contributed by atoms with Gasteiger partial charge in [0.1, 0.15) is 5.84 Å². The van der Waals surface area contributed by atoms with Crippen LogP contribution in [0.15, 0.2) is 16.8 Å². The summed E-state index contributed by atoms with van der Waals surface area (Å²) in [5.41, 5.74) is 0.829. The number of hydrogen-bond donors (Lipinski definition) is 2. The Bertz CT molecular complexity index is 354. The fraction of sp³-hybridized carbons (Fsp3) is 0.714. The maximum atomic E-state index is 11.1. The summed E-state index contributed by atoms with van der Waals surface area (Å²) in [5.74, 6) is 0.380. The minimum Gasteiger partial charge on any atom is -0.384 e. The highest BCUT2D eigenvalue weighted by molar-refractivity contribution is 6.01. The molecule has 0 saturated carbocycles. The third-order valence-corrected chi connectivity index (χ3v) is 1.71. The van der Waals surface area contributed by atoms with Gasteiger partial charge in [-0.3, -0.25) is 4.79 Å². The van der Waals surface area contributed by atoms with Crippen LogP contribution in [0.5, 0.6) is 0 Å². The van der Waals surface area contributed by atoms with E-state index in [-0.39, 0.29) is 17.0 Å². The lowest BCUT2D eigenvalue weighted by molar-refractivity contribution is -0.115. The zero-order valence-corrected chi connectivity index (χ0v) is 12.9. The number of nitrogens with one attached hydrogen (secondary N) is 2. The van der Waals surface area contributed by atoms with Gasteiger partial charge in [-0.05, 0) is 54.5 Å². The predicted octanol–water partition coefficient (Wildman–Crippen LogP) is 2.61. The van der Waals surface area contributed by atoms with Gasteiger partial charge in [0, 0.05) is 23.7 Å². The normalized spacial score (nSPS) is 14.4. The maximum absolute atomic E-state index is 11.1. The summed E-state index contributed by atoms with van der Waals surface area (Å²) in [5, 5.41) is 6.55. The van der Waals surface area contributed by atoms with E-state index in [2.05, 4.69) is 36.4 Å². The highest BCUT2D eigenvalue weighted by Crippen LogP contribution is 2.05. The molecule has 0 aliphatic rings. The molecule has 0 radical (unpaired) electrons. The molecule has 2 N–H and O–H groups in total. The van der Waals surface area contributed by atoms with Crippen LogP contribution in [0, 0.1) is 0 Å². The monoisotopic (exact) mass is 253 g/mol. The van der Waals surface area contributed by atoms with Gasteiger partial charge in [0.05, 0.1) is 0 Å².